The highest BCUT2D eigenvalue weighted by Crippen LogP contribution is 2.36. The van der Waals surface area contributed by atoms with Crippen LogP contribution >= 0.6 is 0 Å². The molecule has 0 aliphatic rings. The molecule has 4 aromatic rings. The van der Waals surface area contributed by atoms with Crippen LogP contribution in [0.2, 0.25) is 0 Å². The first-order chi connectivity index (χ1) is 14.6. The lowest BCUT2D eigenvalue weighted by Gasteiger charge is -2.20. The fraction of sp³-hybridized carbons (Fsp3) is 0.333. The van der Waals surface area contributed by atoms with Crippen LogP contribution in [0, 0.1) is 5.92 Å². The molecule has 1 N–H and O–H groups in total. The van der Waals surface area contributed by atoms with Crippen molar-refractivity contribution >= 4 is 21.8 Å². The zero-order valence-electron chi connectivity index (χ0n) is 18.3. The second kappa shape index (κ2) is 8.93. The molecule has 1 aromatic heterocycles. The van der Waals surface area contributed by atoms with Gasteiger partial charge in [-0.25, -0.2) is 0 Å². The Bertz CT molecular complexity index is 1090. The molecule has 0 radical (unpaired) electrons. The molecule has 0 aliphatic carbocycles. The molecule has 0 saturated carbocycles. The Morgan fingerprint density at radius 3 is 2.17 bits per heavy atom. The third-order valence-corrected chi connectivity index (χ3v) is 6.29. The molecule has 4 rings (SSSR count). The number of benzene rings is 3. The molecule has 30 heavy (non-hydrogen) atoms. The summed E-state index contributed by atoms with van der Waals surface area (Å²) in [5.74, 6) is 1.16. The molecule has 0 amide bonds. The van der Waals surface area contributed by atoms with Gasteiger partial charge in [-0.15, -0.1) is 0 Å². The van der Waals surface area contributed by atoms with Crippen LogP contribution in [0.4, 0.5) is 0 Å². The fourth-order valence-corrected chi connectivity index (χ4v) is 4.35. The molecule has 0 saturated heterocycles. The summed E-state index contributed by atoms with van der Waals surface area (Å²) in [5.41, 5.74) is 4.06. The average molecular weight is 401 g/mol. The standard InChI is InChI=1S/C27H32N2O/c1-4-20(2)11-10-18-28(3)19-21-12-9-17-26(27(21)30)29-24-15-7-5-13-22(24)23-14-6-8-16-25(23)29/h5-9,12-17,20,30H,4,10-11,18-19H2,1-3H3. The quantitative estimate of drug-likeness (QED) is 0.354. The summed E-state index contributed by atoms with van der Waals surface area (Å²) in [7, 11) is 2.14. The van der Waals surface area contributed by atoms with Gasteiger partial charge in [0.15, 0.2) is 0 Å². The number of nitrogens with zero attached hydrogens (tertiary/aromatic N) is 2. The number of phenolic OH excluding ortho intramolecular Hbond substituents is 1. The third-order valence-electron chi connectivity index (χ3n) is 6.29. The minimum atomic E-state index is 0.373. The Morgan fingerprint density at radius 1 is 0.900 bits per heavy atom. The Kier molecular flexibility index (Phi) is 6.10. The molecule has 1 heterocycles. The van der Waals surface area contributed by atoms with Crippen molar-refractivity contribution in [2.24, 2.45) is 5.92 Å². The summed E-state index contributed by atoms with van der Waals surface area (Å²) in [6.07, 6.45) is 3.69. The van der Waals surface area contributed by atoms with Crippen molar-refractivity contribution in [3.05, 3.63) is 72.3 Å². The van der Waals surface area contributed by atoms with Crippen LogP contribution in [0.15, 0.2) is 66.7 Å². The molecule has 0 bridgehead atoms. The minimum Gasteiger partial charge on any atom is -0.505 e. The highest BCUT2D eigenvalue weighted by atomic mass is 16.3. The molecule has 0 fully saturated rings. The van der Waals surface area contributed by atoms with E-state index in [1.54, 1.807) is 0 Å². The smallest absolute Gasteiger partial charge is 0.144 e. The second-order valence-corrected chi connectivity index (χ2v) is 8.55. The number of aromatic nitrogens is 1. The molecule has 3 nitrogen and oxygen atoms in total. The topological polar surface area (TPSA) is 28.4 Å². The highest BCUT2D eigenvalue weighted by molar-refractivity contribution is 6.09. The first kappa shape index (κ1) is 20.5. The van der Waals surface area contributed by atoms with Crippen molar-refractivity contribution in [2.45, 2.75) is 39.7 Å². The molecule has 3 heteroatoms. The van der Waals surface area contributed by atoms with Gasteiger partial charge in [-0.1, -0.05) is 68.8 Å². The zero-order chi connectivity index (χ0) is 21.1. The van der Waals surface area contributed by atoms with E-state index in [2.05, 4.69) is 85.0 Å². The number of hydrogen-bond acceptors (Lipinski definition) is 2. The summed E-state index contributed by atoms with van der Waals surface area (Å²) >= 11 is 0. The Labute approximate surface area is 179 Å². The molecule has 156 valence electrons. The summed E-state index contributed by atoms with van der Waals surface area (Å²) in [5, 5.41) is 13.6. The van der Waals surface area contributed by atoms with Gasteiger partial charge in [0.25, 0.3) is 0 Å². The zero-order valence-corrected chi connectivity index (χ0v) is 18.3. The number of hydrogen-bond donors (Lipinski definition) is 1. The van der Waals surface area contributed by atoms with Gasteiger partial charge in [-0.05, 0) is 50.6 Å². The van der Waals surface area contributed by atoms with Crippen molar-refractivity contribution in [1.82, 2.24) is 9.47 Å². The molecule has 1 unspecified atom stereocenters. The van der Waals surface area contributed by atoms with Crippen LogP contribution in [-0.2, 0) is 6.54 Å². The van der Waals surface area contributed by atoms with E-state index >= 15 is 0 Å². The van der Waals surface area contributed by atoms with Gasteiger partial charge in [0.2, 0.25) is 0 Å². The van der Waals surface area contributed by atoms with E-state index in [1.165, 1.54) is 30.0 Å². The van der Waals surface area contributed by atoms with Gasteiger partial charge in [0, 0.05) is 22.9 Å². The Morgan fingerprint density at radius 2 is 1.53 bits per heavy atom. The average Bonchev–Trinajstić information content (AvgIpc) is 3.09. The molecular weight excluding hydrogens is 368 g/mol. The van der Waals surface area contributed by atoms with Gasteiger partial charge in [-0.3, -0.25) is 0 Å². The Balaban J connectivity index is 1.67. The van der Waals surface area contributed by atoms with E-state index in [1.807, 2.05) is 12.1 Å². The monoisotopic (exact) mass is 400 g/mol. The largest absolute Gasteiger partial charge is 0.505 e. The van der Waals surface area contributed by atoms with Crippen LogP contribution in [-0.4, -0.2) is 28.2 Å². The van der Waals surface area contributed by atoms with Crippen molar-refractivity contribution < 1.29 is 5.11 Å². The fourth-order valence-electron chi connectivity index (χ4n) is 4.35. The maximum Gasteiger partial charge on any atom is 0.144 e. The van der Waals surface area contributed by atoms with Crippen LogP contribution in [0.5, 0.6) is 5.75 Å². The lowest BCUT2D eigenvalue weighted by molar-refractivity contribution is 0.302. The number of fused-ring (bicyclic) bond motifs is 3. The third kappa shape index (κ3) is 3.95. The van der Waals surface area contributed by atoms with Crippen molar-refractivity contribution in [1.29, 1.82) is 0 Å². The number of aromatic hydroxyl groups is 1. The molecule has 0 aliphatic heterocycles. The minimum absolute atomic E-state index is 0.373. The van der Waals surface area contributed by atoms with Gasteiger partial charge >= 0.3 is 0 Å². The van der Waals surface area contributed by atoms with E-state index in [0.717, 1.165) is 41.3 Å². The summed E-state index contributed by atoms with van der Waals surface area (Å²) in [4.78, 5) is 2.31. The summed E-state index contributed by atoms with van der Waals surface area (Å²) < 4.78 is 2.19. The van der Waals surface area contributed by atoms with Crippen molar-refractivity contribution in [3.8, 4) is 11.4 Å². The van der Waals surface area contributed by atoms with Gasteiger partial charge in [0.05, 0.1) is 16.7 Å². The highest BCUT2D eigenvalue weighted by Gasteiger charge is 2.16. The SMILES string of the molecule is CCC(C)CCCN(C)Cc1cccc(-n2c3ccccc3c3ccccc32)c1O. The normalized spacial score (nSPS) is 12.8. The second-order valence-electron chi connectivity index (χ2n) is 8.55. The van der Waals surface area contributed by atoms with Crippen LogP contribution < -0.4 is 0 Å². The maximum absolute atomic E-state index is 11.2. The van der Waals surface area contributed by atoms with E-state index in [-0.39, 0.29) is 0 Å². The lowest BCUT2D eigenvalue weighted by Crippen LogP contribution is -2.19. The van der Waals surface area contributed by atoms with Crippen LogP contribution in [0.25, 0.3) is 27.5 Å². The molecule has 1 atom stereocenters. The lowest BCUT2D eigenvalue weighted by atomic mass is 10.0. The number of rotatable bonds is 8. The van der Waals surface area contributed by atoms with E-state index in [0.29, 0.717) is 5.75 Å². The summed E-state index contributed by atoms with van der Waals surface area (Å²) in [6, 6.07) is 22.9. The van der Waals surface area contributed by atoms with E-state index in [9.17, 15) is 5.11 Å². The molecular formula is C27H32N2O. The Hall–Kier alpha value is -2.78. The van der Waals surface area contributed by atoms with Gasteiger partial charge in [-0.2, -0.15) is 0 Å². The maximum atomic E-state index is 11.2. The first-order valence-electron chi connectivity index (χ1n) is 11.1. The van der Waals surface area contributed by atoms with E-state index in [4.69, 9.17) is 0 Å². The summed E-state index contributed by atoms with van der Waals surface area (Å²) in [6.45, 7) is 6.37. The number of para-hydroxylation sites is 3. The van der Waals surface area contributed by atoms with Gasteiger partial charge in [0.1, 0.15) is 5.75 Å². The van der Waals surface area contributed by atoms with Crippen LogP contribution in [0.3, 0.4) is 0 Å². The van der Waals surface area contributed by atoms with Crippen LogP contribution in [0.1, 0.15) is 38.7 Å². The molecule has 3 aromatic carbocycles. The van der Waals surface area contributed by atoms with E-state index < -0.39 is 0 Å². The van der Waals surface area contributed by atoms with Gasteiger partial charge < -0.3 is 14.6 Å². The van der Waals surface area contributed by atoms with Crippen molar-refractivity contribution in [3.63, 3.8) is 0 Å². The number of phenols is 1. The predicted octanol–water partition coefficient (Wildman–Crippen LogP) is 6.75. The first-order valence-corrected chi connectivity index (χ1v) is 11.1. The predicted molar refractivity (Wildman–Crippen MR) is 127 cm³/mol. The van der Waals surface area contributed by atoms with Crippen molar-refractivity contribution in [2.75, 3.05) is 13.6 Å². The molecule has 0 spiro atoms.